The van der Waals surface area contributed by atoms with Gasteiger partial charge in [-0.1, -0.05) is 17.7 Å². The molecule has 2 heterocycles. The summed E-state index contributed by atoms with van der Waals surface area (Å²) in [6, 6.07) is 10.4. The van der Waals surface area contributed by atoms with Gasteiger partial charge in [0.15, 0.2) is 5.78 Å². The van der Waals surface area contributed by atoms with E-state index in [2.05, 4.69) is 20.6 Å². The van der Waals surface area contributed by atoms with Gasteiger partial charge in [0.2, 0.25) is 0 Å². The fourth-order valence-corrected chi connectivity index (χ4v) is 2.63. The summed E-state index contributed by atoms with van der Waals surface area (Å²) in [5.41, 5.74) is 2.38. The van der Waals surface area contributed by atoms with Crippen LogP contribution in [0.1, 0.15) is 33.5 Å². The predicted octanol–water partition coefficient (Wildman–Crippen LogP) is 2.43. The number of nitrogens with one attached hydrogen (secondary N) is 2. The van der Waals surface area contributed by atoms with Crippen LogP contribution in [-0.2, 0) is 6.54 Å². The molecule has 3 aromatic rings. The molecule has 0 bridgehead atoms. The Morgan fingerprint density at radius 3 is 2.81 bits per heavy atom. The minimum absolute atomic E-state index is 0.211. The van der Waals surface area contributed by atoms with Gasteiger partial charge in [-0.25, -0.2) is 0 Å². The topological polar surface area (TPSA) is 116 Å². The molecule has 2 aromatic heterocycles. The Bertz CT molecular complexity index is 1050. The number of aromatic amines is 1. The lowest BCUT2D eigenvalue weighted by molar-refractivity contribution is 0.0946. The van der Waals surface area contributed by atoms with Crippen molar-refractivity contribution >= 4 is 23.3 Å². The van der Waals surface area contributed by atoms with E-state index in [-0.39, 0.29) is 23.1 Å². The Hall–Kier alpha value is -3.44. The third-order valence-corrected chi connectivity index (χ3v) is 4.15. The maximum atomic E-state index is 12.0. The Labute approximate surface area is 159 Å². The molecule has 0 aliphatic rings. The minimum atomic E-state index is -0.346. The standard InChI is InChI=1S/C18H15ClN6O2/c1-11(26)16-9-17(23-22-16)18(27)21-5-7-25-6-4-15(24-25)12-2-3-13(10-20)14(19)8-12/h2-4,6,8-9H,5,7H2,1H3,(H,21,27)(H,22,23). The number of H-pyrrole nitrogens is 1. The molecule has 0 radical (unpaired) electrons. The van der Waals surface area contributed by atoms with Crippen molar-refractivity contribution in [3.8, 4) is 17.3 Å². The van der Waals surface area contributed by atoms with E-state index in [1.807, 2.05) is 12.1 Å². The van der Waals surface area contributed by atoms with Crippen molar-refractivity contribution in [3.63, 3.8) is 0 Å². The average Bonchev–Trinajstić information content (AvgIpc) is 3.31. The van der Waals surface area contributed by atoms with Crippen LogP contribution in [0.5, 0.6) is 0 Å². The molecule has 3 rings (SSSR count). The van der Waals surface area contributed by atoms with Crippen LogP contribution in [-0.4, -0.2) is 38.2 Å². The first-order valence-electron chi connectivity index (χ1n) is 8.06. The molecular formula is C18H15ClN6O2. The van der Waals surface area contributed by atoms with Crippen molar-refractivity contribution in [3.05, 3.63) is 58.5 Å². The van der Waals surface area contributed by atoms with Crippen LogP contribution in [0.25, 0.3) is 11.3 Å². The Morgan fingerprint density at radius 2 is 2.15 bits per heavy atom. The number of benzene rings is 1. The number of ketones is 1. The van der Waals surface area contributed by atoms with Crippen LogP contribution in [0.3, 0.4) is 0 Å². The number of halogens is 1. The molecule has 1 amide bonds. The van der Waals surface area contributed by atoms with E-state index >= 15 is 0 Å². The summed E-state index contributed by atoms with van der Waals surface area (Å²) < 4.78 is 1.69. The van der Waals surface area contributed by atoms with Crippen molar-refractivity contribution in [2.45, 2.75) is 13.5 Å². The van der Waals surface area contributed by atoms with E-state index in [1.54, 1.807) is 29.1 Å². The SMILES string of the molecule is CC(=O)c1cc(C(=O)NCCn2ccc(-c3ccc(C#N)c(Cl)c3)n2)[nH]n1. The van der Waals surface area contributed by atoms with E-state index in [4.69, 9.17) is 16.9 Å². The Kier molecular flexibility index (Phi) is 5.33. The first kappa shape index (κ1) is 18.4. The zero-order valence-electron chi connectivity index (χ0n) is 14.4. The van der Waals surface area contributed by atoms with Crippen molar-refractivity contribution < 1.29 is 9.59 Å². The maximum absolute atomic E-state index is 12.0. The summed E-state index contributed by atoms with van der Waals surface area (Å²) in [6.07, 6.45) is 1.79. The lowest BCUT2D eigenvalue weighted by Crippen LogP contribution is -2.27. The highest BCUT2D eigenvalue weighted by Crippen LogP contribution is 2.24. The van der Waals surface area contributed by atoms with Gasteiger partial charge < -0.3 is 5.32 Å². The number of carbonyl (C=O) groups is 2. The van der Waals surface area contributed by atoms with E-state index in [1.165, 1.54) is 13.0 Å². The molecule has 9 heteroatoms. The molecule has 0 unspecified atom stereocenters. The first-order chi connectivity index (χ1) is 13.0. The van der Waals surface area contributed by atoms with E-state index in [9.17, 15) is 9.59 Å². The van der Waals surface area contributed by atoms with Crippen LogP contribution in [0, 0.1) is 11.3 Å². The van der Waals surface area contributed by atoms with Gasteiger partial charge in [-0.15, -0.1) is 0 Å². The van der Waals surface area contributed by atoms with Crippen molar-refractivity contribution in [2.24, 2.45) is 0 Å². The van der Waals surface area contributed by atoms with Gasteiger partial charge in [-0.3, -0.25) is 19.4 Å². The number of rotatable bonds is 6. The van der Waals surface area contributed by atoms with Crippen LogP contribution < -0.4 is 5.32 Å². The molecule has 8 nitrogen and oxygen atoms in total. The molecule has 0 atom stereocenters. The van der Waals surface area contributed by atoms with Crippen molar-refractivity contribution in [1.29, 1.82) is 5.26 Å². The summed E-state index contributed by atoms with van der Waals surface area (Å²) in [7, 11) is 0. The highest BCUT2D eigenvalue weighted by molar-refractivity contribution is 6.32. The third-order valence-electron chi connectivity index (χ3n) is 3.84. The summed E-state index contributed by atoms with van der Waals surface area (Å²) in [5.74, 6) is -0.557. The van der Waals surface area contributed by atoms with E-state index in [0.29, 0.717) is 29.4 Å². The largest absolute Gasteiger partial charge is 0.349 e. The lowest BCUT2D eigenvalue weighted by Gasteiger charge is -2.04. The maximum Gasteiger partial charge on any atom is 0.269 e. The molecule has 0 aliphatic heterocycles. The van der Waals surface area contributed by atoms with Crippen molar-refractivity contribution in [2.75, 3.05) is 6.54 Å². The number of hydrogen-bond acceptors (Lipinski definition) is 5. The second-order valence-electron chi connectivity index (χ2n) is 5.75. The highest BCUT2D eigenvalue weighted by Gasteiger charge is 2.12. The molecule has 0 spiro atoms. The van der Waals surface area contributed by atoms with Crippen LogP contribution >= 0.6 is 11.6 Å². The predicted molar refractivity (Wildman–Crippen MR) is 98.3 cm³/mol. The Morgan fingerprint density at radius 1 is 1.33 bits per heavy atom. The number of hydrogen-bond donors (Lipinski definition) is 2. The molecule has 0 aliphatic carbocycles. The average molecular weight is 383 g/mol. The number of aromatic nitrogens is 4. The van der Waals surface area contributed by atoms with Gasteiger partial charge >= 0.3 is 0 Å². The second kappa shape index (κ2) is 7.85. The number of Topliss-reactive ketones (excluding diaryl/α,β-unsaturated/α-hetero) is 1. The van der Waals surface area contributed by atoms with Gasteiger partial charge in [0.05, 0.1) is 22.8 Å². The molecule has 27 heavy (non-hydrogen) atoms. The van der Waals surface area contributed by atoms with Gasteiger partial charge in [0, 0.05) is 25.2 Å². The summed E-state index contributed by atoms with van der Waals surface area (Å²) >= 11 is 6.05. The molecule has 2 N–H and O–H groups in total. The first-order valence-corrected chi connectivity index (χ1v) is 8.43. The van der Waals surface area contributed by atoms with Gasteiger partial charge in [0.1, 0.15) is 17.5 Å². The van der Waals surface area contributed by atoms with Crippen LogP contribution in [0.2, 0.25) is 5.02 Å². The second-order valence-corrected chi connectivity index (χ2v) is 6.16. The minimum Gasteiger partial charge on any atom is -0.349 e. The van der Waals surface area contributed by atoms with Gasteiger partial charge in [0.25, 0.3) is 5.91 Å². The zero-order chi connectivity index (χ0) is 19.4. The Balaban J connectivity index is 1.58. The summed E-state index contributed by atoms with van der Waals surface area (Å²) in [6.45, 7) is 2.19. The number of amides is 1. The molecule has 0 saturated carbocycles. The normalized spacial score (nSPS) is 10.4. The fraction of sp³-hybridized carbons (Fsp3) is 0.167. The van der Waals surface area contributed by atoms with E-state index < -0.39 is 0 Å². The van der Waals surface area contributed by atoms with Crippen molar-refractivity contribution in [1.82, 2.24) is 25.3 Å². The molecule has 0 saturated heterocycles. The summed E-state index contributed by atoms with van der Waals surface area (Å²) in [5, 5.41) is 22.8. The monoisotopic (exact) mass is 382 g/mol. The lowest BCUT2D eigenvalue weighted by atomic mass is 10.1. The zero-order valence-corrected chi connectivity index (χ0v) is 15.1. The summed E-state index contributed by atoms with van der Waals surface area (Å²) in [4.78, 5) is 23.2. The quantitative estimate of drug-likeness (QED) is 0.635. The van der Waals surface area contributed by atoms with Gasteiger partial charge in [-0.05, 0) is 24.3 Å². The smallest absolute Gasteiger partial charge is 0.269 e. The molecule has 136 valence electrons. The molecular weight excluding hydrogens is 368 g/mol. The molecule has 1 aromatic carbocycles. The van der Waals surface area contributed by atoms with Crippen LogP contribution in [0.4, 0.5) is 0 Å². The highest BCUT2D eigenvalue weighted by atomic mass is 35.5. The number of nitrogens with zero attached hydrogens (tertiary/aromatic N) is 4. The van der Waals surface area contributed by atoms with E-state index in [0.717, 1.165) is 5.56 Å². The number of carbonyl (C=O) groups excluding carboxylic acids is 2. The fourth-order valence-electron chi connectivity index (χ4n) is 2.40. The van der Waals surface area contributed by atoms with Crippen LogP contribution in [0.15, 0.2) is 36.5 Å². The third kappa shape index (κ3) is 4.22. The number of nitriles is 1. The molecule has 0 fully saturated rings. The van der Waals surface area contributed by atoms with Gasteiger partial charge in [-0.2, -0.15) is 15.5 Å².